The Hall–Kier alpha value is -0.600. The lowest BCUT2D eigenvalue weighted by Gasteiger charge is -1.95. The van der Waals surface area contributed by atoms with Gasteiger partial charge in [0.2, 0.25) is 0 Å². The van der Waals surface area contributed by atoms with Crippen LogP contribution in [0.25, 0.3) is 0 Å². The number of aliphatic hydroxyl groups excluding tert-OH is 1. The van der Waals surface area contributed by atoms with E-state index in [1.165, 1.54) is 38.5 Å². The first-order valence-corrected chi connectivity index (χ1v) is 7.44. The minimum atomic E-state index is 0.105. The van der Waals surface area contributed by atoms with Gasteiger partial charge in [-0.3, -0.25) is 0 Å². The number of rotatable bonds is 11. The Kier molecular flexibility index (Phi) is 8.87. The molecule has 0 aromatic heterocycles. The topological polar surface area (TPSA) is 32.8 Å². The molecule has 1 rings (SSSR count). The maximum absolute atomic E-state index is 8.79. The summed E-state index contributed by atoms with van der Waals surface area (Å²) in [6.07, 6.45) is 19.2. The Morgan fingerprint density at radius 1 is 0.944 bits per heavy atom. The maximum Gasteiger partial charge on any atom is 0.107 e. The quantitative estimate of drug-likeness (QED) is 0.342. The van der Waals surface area contributed by atoms with E-state index in [2.05, 4.69) is 31.2 Å². The highest BCUT2D eigenvalue weighted by Gasteiger charge is 2.36. The van der Waals surface area contributed by atoms with E-state index in [1.807, 2.05) is 0 Å². The van der Waals surface area contributed by atoms with Crippen LogP contribution in [0.4, 0.5) is 0 Å². The lowest BCUT2D eigenvalue weighted by atomic mass is 10.1. The molecule has 0 aromatic carbocycles. The fourth-order valence-corrected chi connectivity index (χ4v) is 2.03. The standard InChI is InChI=1S/C16H28O2/c1-2-3-4-5-6-7-8-9-10-11-12-13-15-16(14-17)18-15/h8-9,11-12,15-17H,2-7,10,13-14H2,1H3/b9-8-,12-11-. The van der Waals surface area contributed by atoms with Crippen LogP contribution in [0.1, 0.15) is 58.3 Å². The number of ether oxygens (including phenoxy) is 1. The molecule has 2 heteroatoms. The monoisotopic (exact) mass is 252 g/mol. The zero-order chi connectivity index (χ0) is 13.1. The molecule has 2 unspecified atom stereocenters. The van der Waals surface area contributed by atoms with Gasteiger partial charge in [-0.15, -0.1) is 0 Å². The first kappa shape index (κ1) is 15.5. The third-order valence-electron chi connectivity index (χ3n) is 3.32. The Balaban J connectivity index is 1.83. The highest BCUT2D eigenvalue weighted by molar-refractivity contribution is 4.97. The highest BCUT2D eigenvalue weighted by Crippen LogP contribution is 2.24. The van der Waals surface area contributed by atoms with Crippen LogP contribution < -0.4 is 0 Å². The van der Waals surface area contributed by atoms with Crippen LogP contribution in [0.3, 0.4) is 0 Å². The molecule has 104 valence electrons. The van der Waals surface area contributed by atoms with Gasteiger partial charge in [0.1, 0.15) is 6.10 Å². The van der Waals surface area contributed by atoms with Gasteiger partial charge in [0.25, 0.3) is 0 Å². The number of epoxide rings is 1. The third kappa shape index (κ3) is 7.67. The van der Waals surface area contributed by atoms with E-state index in [0.29, 0.717) is 0 Å². The van der Waals surface area contributed by atoms with Crippen LogP contribution in [0.2, 0.25) is 0 Å². The summed E-state index contributed by atoms with van der Waals surface area (Å²) in [6, 6.07) is 0. The molecule has 1 heterocycles. The summed E-state index contributed by atoms with van der Waals surface area (Å²) in [5.41, 5.74) is 0. The molecule has 0 spiro atoms. The van der Waals surface area contributed by atoms with Crippen molar-refractivity contribution in [3.63, 3.8) is 0 Å². The van der Waals surface area contributed by atoms with Gasteiger partial charge < -0.3 is 9.84 Å². The first-order valence-electron chi connectivity index (χ1n) is 7.44. The normalized spacial score (nSPS) is 23.2. The van der Waals surface area contributed by atoms with Gasteiger partial charge in [-0.1, -0.05) is 56.9 Å². The third-order valence-corrected chi connectivity index (χ3v) is 3.32. The Labute approximate surface area is 112 Å². The Bertz CT molecular complexity index is 245. The average Bonchev–Trinajstić information content (AvgIpc) is 3.14. The largest absolute Gasteiger partial charge is 0.394 e. The zero-order valence-electron chi connectivity index (χ0n) is 11.7. The minimum Gasteiger partial charge on any atom is -0.394 e. The summed E-state index contributed by atoms with van der Waals surface area (Å²) in [5, 5.41) is 8.79. The van der Waals surface area contributed by atoms with Gasteiger partial charge in [0.15, 0.2) is 0 Å². The van der Waals surface area contributed by atoms with E-state index < -0.39 is 0 Å². The van der Waals surface area contributed by atoms with E-state index in [4.69, 9.17) is 9.84 Å². The van der Waals surface area contributed by atoms with Gasteiger partial charge in [-0.05, 0) is 25.7 Å². The SMILES string of the molecule is CCCCCCC/C=C\C/C=C\CC1OC1CO. The lowest BCUT2D eigenvalue weighted by molar-refractivity contribution is 0.242. The molecule has 1 saturated heterocycles. The number of hydrogen-bond acceptors (Lipinski definition) is 2. The van der Waals surface area contributed by atoms with Crippen LogP contribution >= 0.6 is 0 Å². The van der Waals surface area contributed by atoms with Crippen molar-refractivity contribution < 1.29 is 9.84 Å². The van der Waals surface area contributed by atoms with Crippen molar-refractivity contribution in [2.24, 2.45) is 0 Å². The van der Waals surface area contributed by atoms with Crippen molar-refractivity contribution in [3.8, 4) is 0 Å². The Morgan fingerprint density at radius 2 is 1.72 bits per heavy atom. The predicted molar refractivity (Wildman–Crippen MR) is 76.6 cm³/mol. The first-order chi connectivity index (χ1) is 8.88. The van der Waals surface area contributed by atoms with Gasteiger partial charge in [-0.2, -0.15) is 0 Å². The average molecular weight is 252 g/mol. The molecule has 1 fully saturated rings. The molecule has 0 radical (unpaired) electrons. The molecule has 18 heavy (non-hydrogen) atoms. The minimum absolute atomic E-state index is 0.105. The summed E-state index contributed by atoms with van der Waals surface area (Å²) < 4.78 is 5.24. The van der Waals surface area contributed by atoms with Crippen molar-refractivity contribution in [1.29, 1.82) is 0 Å². The van der Waals surface area contributed by atoms with Crippen molar-refractivity contribution in [1.82, 2.24) is 0 Å². The molecule has 0 saturated carbocycles. The van der Waals surface area contributed by atoms with Crippen LogP contribution in [0.15, 0.2) is 24.3 Å². The number of hydrogen-bond donors (Lipinski definition) is 1. The fraction of sp³-hybridized carbons (Fsp3) is 0.750. The van der Waals surface area contributed by atoms with Gasteiger partial charge in [-0.25, -0.2) is 0 Å². The molecular formula is C16H28O2. The van der Waals surface area contributed by atoms with E-state index in [9.17, 15) is 0 Å². The lowest BCUT2D eigenvalue weighted by Crippen LogP contribution is -1.97. The van der Waals surface area contributed by atoms with E-state index in [0.717, 1.165) is 12.8 Å². The molecule has 0 bridgehead atoms. The molecule has 0 amide bonds. The second-order valence-corrected chi connectivity index (χ2v) is 5.01. The molecule has 2 nitrogen and oxygen atoms in total. The highest BCUT2D eigenvalue weighted by atomic mass is 16.6. The van der Waals surface area contributed by atoms with Crippen LogP contribution in [0, 0.1) is 0 Å². The van der Waals surface area contributed by atoms with Crippen molar-refractivity contribution >= 4 is 0 Å². The second kappa shape index (κ2) is 10.3. The van der Waals surface area contributed by atoms with Gasteiger partial charge in [0, 0.05) is 0 Å². The van der Waals surface area contributed by atoms with Crippen molar-refractivity contribution in [3.05, 3.63) is 24.3 Å². The Morgan fingerprint density at radius 3 is 2.44 bits per heavy atom. The summed E-state index contributed by atoms with van der Waals surface area (Å²) in [7, 11) is 0. The van der Waals surface area contributed by atoms with Crippen LogP contribution in [0.5, 0.6) is 0 Å². The van der Waals surface area contributed by atoms with Crippen LogP contribution in [-0.2, 0) is 4.74 Å². The van der Waals surface area contributed by atoms with Crippen LogP contribution in [-0.4, -0.2) is 23.9 Å². The molecule has 1 N–H and O–H groups in total. The summed E-state index contributed by atoms with van der Waals surface area (Å²) in [4.78, 5) is 0. The molecular weight excluding hydrogens is 224 g/mol. The van der Waals surface area contributed by atoms with E-state index >= 15 is 0 Å². The van der Waals surface area contributed by atoms with E-state index in [1.54, 1.807) is 0 Å². The number of aliphatic hydroxyl groups is 1. The van der Waals surface area contributed by atoms with Crippen molar-refractivity contribution in [2.45, 2.75) is 70.5 Å². The summed E-state index contributed by atoms with van der Waals surface area (Å²) in [5.74, 6) is 0. The summed E-state index contributed by atoms with van der Waals surface area (Å²) >= 11 is 0. The zero-order valence-corrected chi connectivity index (χ0v) is 11.7. The second-order valence-electron chi connectivity index (χ2n) is 5.01. The maximum atomic E-state index is 8.79. The van der Waals surface area contributed by atoms with Crippen molar-refractivity contribution in [2.75, 3.05) is 6.61 Å². The molecule has 1 aliphatic heterocycles. The smallest absolute Gasteiger partial charge is 0.107 e. The molecule has 0 aliphatic carbocycles. The molecule has 0 aromatic rings. The fourth-order valence-electron chi connectivity index (χ4n) is 2.03. The summed E-state index contributed by atoms with van der Waals surface area (Å²) in [6.45, 7) is 2.41. The predicted octanol–water partition coefficient (Wildman–Crippen LogP) is 4.00. The van der Waals surface area contributed by atoms with Gasteiger partial charge in [0.05, 0.1) is 12.7 Å². The van der Waals surface area contributed by atoms with E-state index in [-0.39, 0.29) is 18.8 Å². The molecule has 2 atom stereocenters. The number of allylic oxidation sites excluding steroid dienone is 3. The molecule has 1 aliphatic rings. The number of unbranched alkanes of at least 4 members (excludes halogenated alkanes) is 5. The van der Waals surface area contributed by atoms with Gasteiger partial charge >= 0.3 is 0 Å².